The first-order valence-corrected chi connectivity index (χ1v) is 9.60. The van der Waals surface area contributed by atoms with Crippen molar-refractivity contribution in [1.82, 2.24) is 14.8 Å². The molecule has 2 aromatic heterocycles. The van der Waals surface area contributed by atoms with Crippen molar-refractivity contribution in [3.05, 3.63) is 83.8 Å². The van der Waals surface area contributed by atoms with Crippen molar-refractivity contribution >= 4 is 22.5 Å². The lowest BCUT2D eigenvalue weighted by Gasteiger charge is -2.03. The number of nitrogens with zero attached hydrogens (tertiary/aromatic N) is 2. The number of aromatic nitrogens is 3. The van der Waals surface area contributed by atoms with Gasteiger partial charge in [0.25, 0.3) is 0 Å². The highest BCUT2D eigenvalue weighted by Gasteiger charge is 2.07. The standard InChI is InChI=1S/C23H24N4O/c1-17-9-11-18(12-10-17)15-27-16-20(14-25-27)26-23(28)8-4-5-19-13-24-22-7-3-2-6-21(19)22/h2-3,6-7,9-14,16,24H,4-5,8,15H2,1H3,(H,26,28). The maximum absolute atomic E-state index is 12.3. The second-order valence-electron chi connectivity index (χ2n) is 7.17. The van der Waals surface area contributed by atoms with Gasteiger partial charge in [-0.05, 0) is 37.0 Å². The summed E-state index contributed by atoms with van der Waals surface area (Å²) in [6.07, 6.45) is 7.79. The van der Waals surface area contributed by atoms with Crippen molar-refractivity contribution in [2.24, 2.45) is 0 Å². The predicted octanol–water partition coefficient (Wildman–Crippen LogP) is 4.68. The van der Waals surface area contributed by atoms with Crippen LogP contribution in [0.25, 0.3) is 10.9 Å². The number of hydrogen-bond donors (Lipinski definition) is 2. The lowest BCUT2D eigenvalue weighted by Crippen LogP contribution is -2.11. The average molecular weight is 372 g/mol. The summed E-state index contributed by atoms with van der Waals surface area (Å²) >= 11 is 0. The van der Waals surface area contributed by atoms with Gasteiger partial charge >= 0.3 is 0 Å². The highest BCUT2D eigenvalue weighted by Crippen LogP contribution is 2.19. The molecule has 0 aliphatic rings. The molecule has 0 unspecified atom stereocenters. The number of rotatable bonds is 7. The fourth-order valence-corrected chi connectivity index (χ4v) is 3.40. The first-order valence-electron chi connectivity index (χ1n) is 9.60. The van der Waals surface area contributed by atoms with Crippen LogP contribution in [-0.2, 0) is 17.8 Å². The number of fused-ring (bicyclic) bond motifs is 1. The molecular formula is C23H24N4O. The van der Waals surface area contributed by atoms with Gasteiger partial charge in [0.1, 0.15) is 0 Å². The summed E-state index contributed by atoms with van der Waals surface area (Å²) in [7, 11) is 0. The van der Waals surface area contributed by atoms with E-state index in [0.717, 1.165) is 24.0 Å². The number of nitrogens with one attached hydrogen (secondary N) is 2. The molecule has 0 aliphatic carbocycles. The topological polar surface area (TPSA) is 62.7 Å². The van der Waals surface area contributed by atoms with Gasteiger partial charge in [0.15, 0.2) is 0 Å². The van der Waals surface area contributed by atoms with Crippen molar-refractivity contribution in [2.45, 2.75) is 32.7 Å². The summed E-state index contributed by atoms with van der Waals surface area (Å²) in [4.78, 5) is 15.5. The number of carbonyl (C=O) groups is 1. The fourth-order valence-electron chi connectivity index (χ4n) is 3.40. The predicted molar refractivity (Wildman–Crippen MR) is 112 cm³/mol. The SMILES string of the molecule is Cc1ccc(Cn2cc(NC(=O)CCCc3c[nH]c4ccccc34)cn2)cc1. The van der Waals surface area contributed by atoms with E-state index in [-0.39, 0.29) is 5.91 Å². The van der Waals surface area contributed by atoms with Crippen LogP contribution < -0.4 is 5.32 Å². The molecule has 5 heteroatoms. The van der Waals surface area contributed by atoms with Crippen LogP contribution in [0.4, 0.5) is 5.69 Å². The van der Waals surface area contributed by atoms with Gasteiger partial charge < -0.3 is 10.3 Å². The van der Waals surface area contributed by atoms with E-state index in [1.165, 1.54) is 22.1 Å². The number of H-pyrrole nitrogens is 1. The molecule has 2 aromatic carbocycles. The molecule has 4 aromatic rings. The van der Waals surface area contributed by atoms with Crippen molar-refractivity contribution in [1.29, 1.82) is 0 Å². The maximum Gasteiger partial charge on any atom is 0.224 e. The molecule has 0 saturated heterocycles. The Morgan fingerprint density at radius 3 is 2.82 bits per heavy atom. The molecule has 0 saturated carbocycles. The quantitative estimate of drug-likeness (QED) is 0.495. The number of para-hydroxylation sites is 1. The molecule has 142 valence electrons. The number of aryl methyl sites for hydroxylation is 2. The lowest BCUT2D eigenvalue weighted by molar-refractivity contribution is -0.116. The Morgan fingerprint density at radius 2 is 1.96 bits per heavy atom. The summed E-state index contributed by atoms with van der Waals surface area (Å²) in [5.74, 6) is 0.0229. The van der Waals surface area contributed by atoms with Crippen LogP contribution in [0.3, 0.4) is 0 Å². The Kier molecular flexibility index (Phi) is 5.24. The second-order valence-corrected chi connectivity index (χ2v) is 7.17. The Morgan fingerprint density at radius 1 is 1.14 bits per heavy atom. The van der Waals surface area contributed by atoms with E-state index in [0.29, 0.717) is 13.0 Å². The van der Waals surface area contributed by atoms with Gasteiger partial charge in [0.2, 0.25) is 5.91 Å². The van der Waals surface area contributed by atoms with Gasteiger partial charge in [-0.25, -0.2) is 0 Å². The molecule has 1 amide bonds. The minimum atomic E-state index is 0.0229. The van der Waals surface area contributed by atoms with Crippen LogP contribution in [0, 0.1) is 6.92 Å². The first-order chi connectivity index (χ1) is 13.7. The molecule has 28 heavy (non-hydrogen) atoms. The Bertz CT molecular complexity index is 1080. The lowest BCUT2D eigenvalue weighted by atomic mass is 10.1. The largest absolute Gasteiger partial charge is 0.361 e. The molecule has 0 aliphatic heterocycles. The van der Waals surface area contributed by atoms with E-state index in [1.54, 1.807) is 6.20 Å². The molecule has 0 fully saturated rings. The molecule has 2 heterocycles. The smallest absolute Gasteiger partial charge is 0.224 e. The number of aromatic amines is 1. The molecular weight excluding hydrogens is 348 g/mol. The van der Waals surface area contributed by atoms with Gasteiger partial charge in [-0.3, -0.25) is 9.48 Å². The highest BCUT2D eigenvalue weighted by atomic mass is 16.1. The van der Waals surface area contributed by atoms with Crippen LogP contribution in [0.1, 0.15) is 29.5 Å². The summed E-state index contributed by atoms with van der Waals surface area (Å²) in [6.45, 7) is 2.76. The van der Waals surface area contributed by atoms with E-state index in [2.05, 4.69) is 58.7 Å². The zero-order valence-corrected chi connectivity index (χ0v) is 16.0. The van der Waals surface area contributed by atoms with Gasteiger partial charge in [-0.1, -0.05) is 48.0 Å². The van der Waals surface area contributed by atoms with Crippen LogP contribution in [0.15, 0.2) is 67.1 Å². The summed E-state index contributed by atoms with van der Waals surface area (Å²) < 4.78 is 1.84. The summed E-state index contributed by atoms with van der Waals surface area (Å²) in [5.41, 5.74) is 5.57. The van der Waals surface area contributed by atoms with Crippen molar-refractivity contribution in [3.63, 3.8) is 0 Å². The monoisotopic (exact) mass is 372 g/mol. The zero-order valence-electron chi connectivity index (χ0n) is 16.0. The molecule has 0 bridgehead atoms. The number of anilines is 1. The third kappa shape index (κ3) is 4.31. The molecule has 4 rings (SSSR count). The highest BCUT2D eigenvalue weighted by molar-refractivity contribution is 5.90. The van der Waals surface area contributed by atoms with Crippen molar-refractivity contribution < 1.29 is 4.79 Å². The Hall–Kier alpha value is -3.34. The maximum atomic E-state index is 12.3. The third-order valence-corrected chi connectivity index (χ3v) is 4.91. The molecule has 2 N–H and O–H groups in total. The Labute approximate surface area is 164 Å². The normalized spacial score (nSPS) is 11.0. The number of benzene rings is 2. The number of carbonyl (C=O) groups excluding carboxylic acids is 1. The van der Waals surface area contributed by atoms with Gasteiger partial charge in [-0.2, -0.15) is 5.10 Å². The molecule has 0 radical (unpaired) electrons. The van der Waals surface area contributed by atoms with Crippen LogP contribution in [-0.4, -0.2) is 20.7 Å². The van der Waals surface area contributed by atoms with Crippen molar-refractivity contribution in [3.8, 4) is 0 Å². The molecule has 0 atom stereocenters. The van der Waals surface area contributed by atoms with Crippen LogP contribution in [0.2, 0.25) is 0 Å². The molecule has 5 nitrogen and oxygen atoms in total. The first kappa shape index (κ1) is 18.0. The van der Waals surface area contributed by atoms with Crippen LogP contribution >= 0.6 is 0 Å². The molecule has 0 spiro atoms. The number of amides is 1. The van der Waals surface area contributed by atoms with E-state index >= 15 is 0 Å². The van der Waals surface area contributed by atoms with Gasteiger partial charge in [-0.15, -0.1) is 0 Å². The van der Waals surface area contributed by atoms with E-state index in [4.69, 9.17) is 0 Å². The summed E-state index contributed by atoms with van der Waals surface area (Å²) in [6, 6.07) is 16.6. The van der Waals surface area contributed by atoms with Gasteiger partial charge in [0.05, 0.1) is 18.4 Å². The van der Waals surface area contributed by atoms with Gasteiger partial charge in [0, 0.05) is 29.7 Å². The van der Waals surface area contributed by atoms with E-state index < -0.39 is 0 Å². The third-order valence-electron chi connectivity index (χ3n) is 4.91. The van der Waals surface area contributed by atoms with E-state index in [9.17, 15) is 4.79 Å². The Balaban J connectivity index is 1.27. The van der Waals surface area contributed by atoms with E-state index in [1.807, 2.05) is 29.2 Å². The minimum Gasteiger partial charge on any atom is -0.361 e. The second kappa shape index (κ2) is 8.13. The zero-order chi connectivity index (χ0) is 19.3. The van der Waals surface area contributed by atoms with Crippen LogP contribution in [0.5, 0.6) is 0 Å². The number of hydrogen-bond acceptors (Lipinski definition) is 2. The average Bonchev–Trinajstić information content (AvgIpc) is 3.31. The van der Waals surface area contributed by atoms with Crippen molar-refractivity contribution in [2.75, 3.05) is 5.32 Å². The fraction of sp³-hybridized carbons (Fsp3) is 0.217. The summed E-state index contributed by atoms with van der Waals surface area (Å²) in [5, 5.41) is 8.52. The minimum absolute atomic E-state index is 0.0229.